The van der Waals surface area contributed by atoms with Crippen LogP contribution in [0.4, 0.5) is 0 Å². The lowest BCUT2D eigenvalue weighted by Gasteiger charge is -2.18. The molecule has 16 heavy (non-hydrogen) atoms. The Kier molecular flexibility index (Phi) is 2.42. The molecule has 84 valence electrons. The van der Waals surface area contributed by atoms with E-state index < -0.39 is 0 Å². The molecule has 0 bridgehead atoms. The average molecular weight is 216 g/mol. The number of rotatable bonds is 2. The summed E-state index contributed by atoms with van der Waals surface area (Å²) in [5.74, 6) is 0. The van der Waals surface area contributed by atoms with E-state index in [-0.39, 0.29) is 6.04 Å². The highest BCUT2D eigenvalue weighted by atomic mass is 16.3. The maximum atomic E-state index is 6.29. The maximum absolute atomic E-state index is 6.29. The highest BCUT2D eigenvalue weighted by Gasteiger charge is 2.25. The zero-order chi connectivity index (χ0) is 11.0. The van der Waals surface area contributed by atoms with Crippen molar-refractivity contribution in [3.8, 4) is 0 Å². The van der Waals surface area contributed by atoms with Gasteiger partial charge >= 0.3 is 0 Å². The van der Waals surface area contributed by atoms with E-state index in [4.69, 9.17) is 10.2 Å². The summed E-state index contributed by atoms with van der Waals surface area (Å²) in [5.41, 5.74) is 8.33. The molecule has 3 rings (SSSR count). The summed E-state index contributed by atoms with van der Waals surface area (Å²) >= 11 is 0. The van der Waals surface area contributed by atoms with Gasteiger partial charge in [0.15, 0.2) is 0 Å². The van der Waals surface area contributed by atoms with E-state index in [1.807, 2.05) is 18.2 Å². The second-order valence-electron chi connectivity index (χ2n) is 4.42. The van der Waals surface area contributed by atoms with Gasteiger partial charge in [0.25, 0.3) is 0 Å². The molecule has 2 atom stereocenters. The summed E-state index contributed by atoms with van der Waals surface area (Å²) in [4.78, 5) is 0. The summed E-state index contributed by atoms with van der Waals surface area (Å²) in [6.07, 6.45) is 4.17. The summed E-state index contributed by atoms with van der Waals surface area (Å²) < 4.78 is 5.52. The quantitative estimate of drug-likeness (QED) is 0.809. The van der Waals surface area contributed by atoms with E-state index in [0.29, 0.717) is 6.04 Å². The van der Waals surface area contributed by atoms with Gasteiger partial charge in [0.2, 0.25) is 0 Å². The predicted octanol–water partition coefficient (Wildman–Crippen LogP) is 2.18. The van der Waals surface area contributed by atoms with Crippen LogP contribution in [0.1, 0.15) is 24.4 Å². The smallest absolute Gasteiger partial charge is 0.134 e. The van der Waals surface area contributed by atoms with Crippen molar-refractivity contribution < 1.29 is 4.42 Å². The van der Waals surface area contributed by atoms with E-state index in [9.17, 15) is 0 Å². The highest BCUT2D eigenvalue weighted by molar-refractivity contribution is 5.81. The first-order chi connectivity index (χ1) is 7.86. The molecule has 2 aromatic rings. The molecular formula is C13H16N2O. The van der Waals surface area contributed by atoms with Gasteiger partial charge in [0, 0.05) is 23.0 Å². The molecule has 1 aliphatic heterocycles. The van der Waals surface area contributed by atoms with E-state index in [1.165, 1.54) is 6.42 Å². The van der Waals surface area contributed by atoms with Gasteiger partial charge in [-0.3, -0.25) is 0 Å². The summed E-state index contributed by atoms with van der Waals surface area (Å²) in [5, 5.41) is 4.58. The molecule has 3 heteroatoms. The Balaban J connectivity index is 1.98. The van der Waals surface area contributed by atoms with Gasteiger partial charge in [-0.15, -0.1) is 0 Å². The highest BCUT2D eigenvalue weighted by Crippen LogP contribution is 2.29. The number of benzene rings is 1. The molecule has 2 heterocycles. The SMILES string of the molecule is NC(c1coc2ccccc12)C1CCCN1. The monoisotopic (exact) mass is 216 g/mol. The van der Waals surface area contributed by atoms with Crippen LogP contribution in [-0.4, -0.2) is 12.6 Å². The normalized spacial score (nSPS) is 22.7. The maximum Gasteiger partial charge on any atom is 0.134 e. The lowest BCUT2D eigenvalue weighted by atomic mass is 9.98. The fraction of sp³-hybridized carbons (Fsp3) is 0.385. The number of hydrogen-bond donors (Lipinski definition) is 2. The third-order valence-corrected chi connectivity index (χ3v) is 3.40. The number of nitrogens with one attached hydrogen (secondary N) is 1. The first kappa shape index (κ1) is 9.87. The first-order valence-corrected chi connectivity index (χ1v) is 5.81. The summed E-state index contributed by atoms with van der Waals surface area (Å²) in [7, 11) is 0. The van der Waals surface area contributed by atoms with Gasteiger partial charge in [-0.25, -0.2) is 0 Å². The number of hydrogen-bond acceptors (Lipinski definition) is 3. The molecule has 0 aliphatic carbocycles. The second-order valence-corrected chi connectivity index (χ2v) is 4.42. The van der Waals surface area contributed by atoms with E-state index in [1.54, 1.807) is 6.26 Å². The number of para-hydroxylation sites is 1. The van der Waals surface area contributed by atoms with Crippen molar-refractivity contribution in [2.24, 2.45) is 5.73 Å². The van der Waals surface area contributed by atoms with Crippen LogP contribution in [0.2, 0.25) is 0 Å². The van der Waals surface area contributed by atoms with Crippen LogP contribution in [-0.2, 0) is 0 Å². The molecule has 0 amide bonds. The van der Waals surface area contributed by atoms with Crippen molar-refractivity contribution in [3.05, 3.63) is 36.1 Å². The predicted molar refractivity (Wildman–Crippen MR) is 64.2 cm³/mol. The number of fused-ring (bicyclic) bond motifs is 1. The second kappa shape index (κ2) is 3.92. The molecule has 3 nitrogen and oxygen atoms in total. The van der Waals surface area contributed by atoms with Crippen LogP contribution < -0.4 is 11.1 Å². The van der Waals surface area contributed by atoms with Crippen LogP contribution in [0.5, 0.6) is 0 Å². The lowest BCUT2D eigenvalue weighted by Crippen LogP contribution is -2.33. The van der Waals surface area contributed by atoms with Gasteiger partial charge in [-0.1, -0.05) is 18.2 Å². The molecule has 1 aromatic carbocycles. The minimum atomic E-state index is 0.0335. The van der Waals surface area contributed by atoms with Crippen LogP contribution in [0.25, 0.3) is 11.0 Å². The number of furan rings is 1. The molecular weight excluding hydrogens is 200 g/mol. The fourth-order valence-electron chi connectivity index (χ4n) is 2.49. The van der Waals surface area contributed by atoms with Crippen LogP contribution in [0.15, 0.2) is 34.9 Å². The standard InChI is InChI=1S/C13H16N2O/c14-13(11-5-3-7-15-11)10-8-16-12-6-2-1-4-9(10)12/h1-2,4,6,8,11,13,15H,3,5,7,14H2. The summed E-state index contributed by atoms with van der Waals surface area (Å²) in [6, 6.07) is 8.48. The zero-order valence-electron chi connectivity index (χ0n) is 9.15. The third-order valence-electron chi connectivity index (χ3n) is 3.40. The molecule has 0 spiro atoms. The fourth-order valence-corrected chi connectivity index (χ4v) is 2.49. The van der Waals surface area contributed by atoms with Crippen molar-refractivity contribution in [1.82, 2.24) is 5.32 Å². The third kappa shape index (κ3) is 1.52. The van der Waals surface area contributed by atoms with E-state index in [2.05, 4.69) is 11.4 Å². The molecule has 1 fully saturated rings. The van der Waals surface area contributed by atoms with E-state index >= 15 is 0 Å². The molecule has 3 N–H and O–H groups in total. The minimum Gasteiger partial charge on any atom is -0.464 e. The van der Waals surface area contributed by atoms with Gasteiger partial charge in [-0.05, 0) is 25.5 Å². The van der Waals surface area contributed by atoms with Crippen molar-refractivity contribution in [2.75, 3.05) is 6.54 Å². The Morgan fingerprint density at radius 1 is 1.38 bits per heavy atom. The van der Waals surface area contributed by atoms with Gasteiger partial charge in [0.1, 0.15) is 5.58 Å². The summed E-state index contributed by atoms with van der Waals surface area (Å²) in [6.45, 7) is 1.08. The topological polar surface area (TPSA) is 51.2 Å². The Morgan fingerprint density at radius 3 is 3.06 bits per heavy atom. The Hall–Kier alpha value is -1.32. The van der Waals surface area contributed by atoms with Crippen LogP contribution in [0, 0.1) is 0 Å². The molecule has 1 aliphatic rings. The van der Waals surface area contributed by atoms with Crippen LogP contribution in [0.3, 0.4) is 0 Å². The first-order valence-electron chi connectivity index (χ1n) is 5.81. The van der Waals surface area contributed by atoms with Gasteiger partial charge in [0.05, 0.1) is 6.26 Å². The Labute approximate surface area is 94.6 Å². The van der Waals surface area contributed by atoms with Crippen molar-refractivity contribution in [3.63, 3.8) is 0 Å². The van der Waals surface area contributed by atoms with E-state index in [0.717, 1.165) is 29.5 Å². The zero-order valence-corrected chi connectivity index (χ0v) is 9.15. The Bertz CT molecular complexity index is 485. The largest absolute Gasteiger partial charge is 0.464 e. The van der Waals surface area contributed by atoms with Gasteiger partial charge < -0.3 is 15.5 Å². The van der Waals surface area contributed by atoms with Crippen molar-refractivity contribution in [2.45, 2.75) is 24.9 Å². The molecule has 2 unspecified atom stereocenters. The molecule has 0 saturated carbocycles. The van der Waals surface area contributed by atoms with Crippen molar-refractivity contribution >= 4 is 11.0 Å². The lowest BCUT2D eigenvalue weighted by molar-refractivity contribution is 0.495. The minimum absolute atomic E-state index is 0.0335. The number of nitrogens with two attached hydrogens (primary N) is 1. The Morgan fingerprint density at radius 2 is 2.25 bits per heavy atom. The average Bonchev–Trinajstić information content (AvgIpc) is 2.98. The van der Waals surface area contributed by atoms with Crippen LogP contribution >= 0.6 is 0 Å². The van der Waals surface area contributed by atoms with Crippen molar-refractivity contribution in [1.29, 1.82) is 0 Å². The molecule has 1 saturated heterocycles. The molecule has 0 radical (unpaired) electrons. The molecule has 1 aromatic heterocycles. The van der Waals surface area contributed by atoms with Gasteiger partial charge in [-0.2, -0.15) is 0 Å².